The summed E-state index contributed by atoms with van der Waals surface area (Å²) in [6.07, 6.45) is 7.31. The number of ether oxygens (including phenoxy) is 1. The van der Waals surface area contributed by atoms with Crippen molar-refractivity contribution >= 4 is 23.0 Å². The van der Waals surface area contributed by atoms with Crippen LogP contribution >= 0.6 is 0 Å². The Bertz CT molecular complexity index is 850. The Morgan fingerprint density at radius 3 is 2.52 bits per heavy atom. The summed E-state index contributed by atoms with van der Waals surface area (Å²) in [7, 11) is 0. The zero-order chi connectivity index (χ0) is 22.2. The second-order valence-electron chi connectivity index (χ2n) is 7.98. The van der Waals surface area contributed by atoms with Crippen molar-refractivity contribution in [3.8, 4) is 0 Å². The Kier molecular flexibility index (Phi) is 8.23. The van der Waals surface area contributed by atoms with E-state index in [9.17, 15) is 9.90 Å². The number of nitrogens with one attached hydrogen (secondary N) is 1. The fourth-order valence-corrected chi connectivity index (χ4v) is 4.25. The van der Waals surface area contributed by atoms with Gasteiger partial charge in [0.15, 0.2) is 0 Å². The van der Waals surface area contributed by atoms with E-state index >= 15 is 0 Å². The van der Waals surface area contributed by atoms with E-state index in [1.807, 2.05) is 26.2 Å². The molecule has 31 heavy (non-hydrogen) atoms. The molecule has 2 aromatic rings. The van der Waals surface area contributed by atoms with E-state index in [2.05, 4.69) is 45.3 Å². The van der Waals surface area contributed by atoms with Crippen molar-refractivity contribution in [2.45, 2.75) is 64.8 Å². The predicted molar refractivity (Wildman–Crippen MR) is 123 cm³/mol. The molecule has 1 aromatic carbocycles. The SMILES string of the molecule is CCc1ncc(Nc2cc([C@@H](CC)CC(=O)O)ccc2N(CC)C2CCOCC2)cn1. The number of carbonyl (C=O) groups is 1. The van der Waals surface area contributed by atoms with Crippen molar-refractivity contribution in [1.29, 1.82) is 0 Å². The minimum absolute atomic E-state index is 0.0241. The third-order valence-corrected chi connectivity index (χ3v) is 5.99. The molecule has 7 nitrogen and oxygen atoms in total. The van der Waals surface area contributed by atoms with E-state index in [1.165, 1.54) is 0 Å². The van der Waals surface area contributed by atoms with E-state index in [0.717, 1.165) is 73.9 Å². The Morgan fingerprint density at radius 2 is 1.94 bits per heavy atom. The monoisotopic (exact) mass is 426 g/mol. The molecular weight excluding hydrogens is 392 g/mol. The lowest BCUT2D eigenvalue weighted by molar-refractivity contribution is -0.137. The van der Waals surface area contributed by atoms with Crippen molar-refractivity contribution in [2.24, 2.45) is 0 Å². The van der Waals surface area contributed by atoms with Gasteiger partial charge in [-0.25, -0.2) is 9.97 Å². The lowest BCUT2D eigenvalue weighted by Crippen LogP contribution is -2.39. The van der Waals surface area contributed by atoms with E-state index in [1.54, 1.807) is 0 Å². The molecule has 0 saturated carbocycles. The fraction of sp³-hybridized carbons (Fsp3) is 0.542. The minimum Gasteiger partial charge on any atom is -0.481 e. The lowest BCUT2D eigenvalue weighted by atomic mass is 9.92. The highest BCUT2D eigenvalue weighted by molar-refractivity contribution is 5.77. The molecule has 0 amide bonds. The molecule has 2 heterocycles. The Hall–Kier alpha value is -2.67. The normalized spacial score (nSPS) is 15.5. The molecule has 1 aromatic heterocycles. The highest BCUT2D eigenvalue weighted by atomic mass is 16.5. The van der Waals surface area contributed by atoms with Crippen molar-refractivity contribution in [2.75, 3.05) is 30.0 Å². The standard InChI is InChI=1S/C24H34N4O3/c1-4-17(14-24(29)30)18-7-8-22(28(6-3)20-9-11-31-12-10-20)21(13-18)27-19-15-25-23(5-2)26-16-19/h7-8,13,15-17,20,27H,4-6,9-12,14H2,1-3H3,(H,29,30)/t17-/m0/s1. The summed E-state index contributed by atoms with van der Waals surface area (Å²) in [6, 6.07) is 6.73. The average molecular weight is 427 g/mol. The first-order valence-corrected chi connectivity index (χ1v) is 11.3. The molecule has 7 heteroatoms. The molecule has 0 spiro atoms. The molecular formula is C24H34N4O3. The van der Waals surface area contributed by atoms with Gasteiger partial charge in [0.25, 0.3) is 0 Å². The number of rotatable bonds is 10. The van der Waals surface area contributed by atoms with Crippen LogP contribution in [-0.2, 0) is 16.0 Å². The first-order chi connectivity index (χ1) is 15.0. The molecule has 168 valence electrons. The number of anilines is 3. The largest absolute Gasteiger partial charge is 0.481 e. The highest BCUT2D eigenvalue weighted by Gasteiger charge is 2.24. The van der Waals surface area contributed by atoms with Crippen LogP contribution in [0, 0.1) is 0 Å². The van der Waals surface area contributed by atoms with Crippen LogP contribution in [0.4, 0.5) is 17.1 Å². The number of nitrogens with zero attached hydrogens (tertiary/aromatic N) is 3. The van der Waals surface area contributed by atoms with Gasteiger partial charge in [-0.1, -0.05) is 19.9 Å². The van der Waals surface area contributed by atoms with Crippen LogP contribution in [0.3, 0.4) is 0 Å². The van der Waals surface area contributed by atoms with Crippen LogP contribution in [0.25, 0.3) is 0 Å². The van der Waals surface area contributed by atoms with Crippen LogP contribution in [0.5, 0.6) is 0 Å². The summed E-state index contributed by atoms with van der Waals surface area (Å²) in [4.78, 5) is 22.6. The summed E-state index contributed by atoms with van der Waals surface area (Å²) in [5, 5.41) is 12.8. The van der Waals surface area contributed by atoms with Crippen LogP contribution in [-0.4, -0.2) is 46.8 Å². The third-order valence-electron chi connectivity index (χ3n) is 5.99. The third kappa shape index (κ3) is 5.94. The van der Waals surface area contributed by atoms with Crippen LogP contribution in [0.2, 0.25) is 0 Å². The number of aromatic nitrogens is 2. The fourth-order valence-electron chi connectivity index (χ4n) is 4.25. The van der Waals surface area contributed by atoms with Gasteiger partial charge in [-0.3, -0.25) is 4.79 Å². The van der Waals surface area contributed by atoms with Gasteiger partial charge in [0, 0.05) is 32.2 Å². The zero-order valence-corrected chi connectivity index (χ0v) is 18.8. The number of aryl methyl sites for hydroxylation is 1. The number of benzene rings is 1. The molecule has 1 atom stereocenters. The van der Waals surface area contributed by atoms with Crippen LogP contribution in [0.1, 0.15) is 63.8 Å². The van der Waals surface area contributed by atoms with Crippen LogP contribution < -0.4 is 10.2 Å². The number of aliphatic carboxylic acids is 1. The van der Waals surface area contributed by atoms with Gasteiger partial charge in [-0.15, -0.1) is 0 Å². The molecule has 0 bridgehead atoms. The molecule has 2 N–H and O–H groups in total. The smallest absolute Gasteiger partial charge is 0.303 e. The van der Waals surface area contributed by atoms with Crippen molar-refractivity contribution in [3.63, 3.8) is 0 Å². The maximum Gasteiger partial charge on any atom is 0.303 e. The highest BCUT2D eigenvalue weighted by Crippen LogP contribution is 2.36. The number of hydrogen-bond donors (Lipinski definition) is 2. The Morgan fingerprint density at radius 1 is 1.23 bits per heavy atom. The molecule has 0 radical (unpaired) electrons. The molecule has 3 rings (SSSR count). The van der Waals surface area contributed by atoms with Crippen molar-refractivity contribution < 1.29 is 14.6 Å². The van der Waals surface area contributed by atoms with Gasteiger partial charge in [0.2, 0.25) is 0 Å². The Labute approximate surface area is 184 Å². The predicted octanol–water partition coefficient (Wildman–Crippen LogP) is 4.76. The lowest BCUT2D eigenvalue weighted by Gasteiger charge is -2.36. The van der Waals surface area contributed by atoms with Crippen molar-refractivity contribution in [1.82, 2.24) is 9.97 Å². The van der Waals surface area contributed by atoms with Gasteiger partial charge in [-0.05, 0) is 49.8 Å². The molecule has 1 saturated heterocycles. The topological polar surface area (TPSA) is 87.6 Å². The average Bonchev–Trinajstić information content (AvgIpc) is 2.80. The molecule has 1 fully saturated rings. The van der Waals surface area contributed by atoms with Crippen LogP contribution in [0.15, 0.2) is 30.6 Å². The Balaban J connectivity index is 1.97. The molecule has 1 aliphatic heterocycles. The van der Waals surface area contributed by atoms with Gasteiger partial charge in [0.1, 0.15) is 5.82 Å². The number of carboxylic acid groups (broad SMARTS) is 1. The minimum atomic E-state index is -0.772. The maximum absolute atomic E-state index is 11.4. The first kappa shape index (κ1) is 23.0. The van der Waals surface area contributed by atoms with E-state index < -0.39 is 5.97 Å². The summed E-state index contributed by atoms with van der Waals surface area (Å²) in [5.41, 5.74) is 3.93. The van der Waals surface area contributed by atoms with Crippen molar-refractivity contribution in [3.05, 3.63) is 42.0 Å². The second kappa shape index (κ2) is 11.1. The number of hydrogen-bond acceptors (Lipinski definition) is 6. The first-order valence-electron chi connectivity index (χ1n) is 11.3. The number of carboxylic acids is 1. The van der Waals surface area contributed by atoms with Gasteiger partial charge >= 0.3 is 5.97 Å². The van der Waals surface area contributed by atoms with Gasteiger partial charge < -0.3 is 20.1 Å². The summed E-state index contributed by atoms with van der Waals surface area (Å²) in [5.74, 6) is 0.0137. The van der Waals surface area contributed by atoms with Gasteiger partial charge in [-0.2, -0.15) is 0 Å². The zero-order valence-electron chi connectivity index (χ0n) is 18.8. The second-order valence-corrected chi connectivity index (χ2v) is 7.98. The summed E-state index contributed by atoms with van der Waals surface area (Å²) in [6.45, 7) is 8.69. The van der Waals surface area contributed by atoms with Gasteiger partial charge in [0.05, 0.1) is 35.9 Å². The van der Waals surface area contributed by atoms with E-state index in [0.29, 0.717) is 6.04 Å². The molecule has 0 aliphatic carbocycles. The maximum atomic E-state index is 11.4. The molecule has 1 aliphatic rings. The quantitative estimate of drug-likeness (QED) is 0.566. The molecule has 0 unspecified atom stereocenters. The van der Waals surface area contributed by atoms with E-state index in [4.69, 9.17) is 4.74 Å². The van der Waals surface area contributed by atoms with E-state index in [-0.39, 0.29) is 12.3 Å². The summed E-state index contributed by atoms with van der Waals surface area (Å²) < 4.78 is 5.57. The summed E-state index contributed by atoms with van der Waals surface area (Å²) >= 11 is 0.